The van der Waals surface area contributed by atoms with E-state index in [-0.39, 0.29) is 0 Å². The molecule has 0 bridgehead atoms. The fourth-order valence-corrected chi connectivity index (χ4v) is 0.585. The predicted molar refractivity (Wildman–Crippen MR) is 37.8 cm³/mol. The zero-order chi connectivity index (χ0) is 6.24. The molecule has 0 atom stereocenters. The van der Waals surface area contributed by atoms with Crippen LogP contribution < -0.4 is 5.32 Å². The van der Waals surface area contributed by atoms with Gasteiger partial charge in [-0.3, -0.25) is 0 Å². The van der Waals surface area contributed by atoms with Crippen molar-refractivity contribution in [2.45, 2.75) is 26.7 Å². The van der Waals surface area contributed by atoms with Gasteiger partial charge in [0, 0.05) is 0 Å². The van der Waals surface area contributed by atoms with Crippen molar-refractivity contribution in [3.63, 3.8) is 0 Å². The highest BCUT2D eigenvalue weighted by molar-refractivity contribution is 4.61. The van der Waals surface area contributed by atoms with Crippen LogP contribution in [0.3, 0.4) is 0 Å². The molecule has 8 heavy (non-hydrogen) atoms. The first-order valence-corrected chi connectivity index (χ1v) is 3.44. The van der Waals surface area contributed by atoms with Crippen LogP contribution in [0.25, 0.3) is 0 Å². The Kier molecular flexibility index (Phi) is 6.93. The molecule has 0 aromatic rings. The van der Waals surface area contributed by atoms with Gasteiger partial charge in [0.25, 0.3) is 0 Å². The van der Waals surface area contributed by atoms with E-state index in [0.29, 0.717) is 0 Å². The maximum atomic E-state index is 3.25. The van der Waals surface area contributed by atoms with Crippen LogP contribution in [0.2, 0.25) is 0 Å². The van der Waals surface area contributed by atoms with Crippen molar-refractivity contribution in [1.82, 2.24) is 5.32 Å². The quantitative estimate of drug-likeness (QED) is 0.423. The SMILES string of the molecule is CC[CH-]CCNCC. The molecule has 0 rings (SSSR count). The fraction of sp³-hybridized carbons (Fsp3) is 0.857. The van der Waals surface area contributed by atoms with E-state index in [1.807, 2.05) is 0 Å². The summed E-state index contributed by atoms with van der Waals surface area (Å²) >= 11 is 0. The van der Waals surface area contributed by atoms with Gasteiger partial charge in [0.2, 0.25) is 0 Å². The maximum absolute atomic E-state index is 3.25. The summed E-state index contributed by atoms with van der Waals surface area (Å²) in [6.45, 7) is 6.54. The first-order valence-electron chi connectivity index (χ1n) is 3.44. The lowest BCUT2D eigenvalue weighted by Crippen LogP contribution is -2.13. The van der Waals surface area contributed by atoms with Crippen LogP contribution in [-0.2, 0) is 0 Å². The van der Waals surface area contributed by atoms with Crippen LogP contribution in [0.5, 0.6) is 0 Å². The van der Waals surface area contributed by atoms with Crippen LogP contribution in [0.15, 0.2) is 0 Å². The minimum absolute atomic E-state index is 1.09. The highest BCUT2D eigenvalue weighted by atomic mass is 14.8. The lowest BCUT2D eigenvalue weighted by Gasteiger charge is -2.06. The van der Waals surface area contributed by atoms with Crippen molar-refractivity contribution in [2.75, 3.05) is 13.1 Å². The Labute approximate surface area is 52.5 Å². The van der Waals surface area contributed by atoms with Gasteiger partial charge in [-0.25, -0.2) is 0 Å². The Morgan fingerprint density at radius 1 is 1.38 bits per heavy atom. The second-order valence-electron chi connectivity index (χ2n) is 1.84. The third-order valence-electron chi connectivity index (χ3n) is 1.06. The molecule has 0 radical (unpaired) electrons. The van der Waals surface area contributed by atoms with Crippen molar-refractivity contribution >= 4 is 0 Å². The van der Waals surface area contributed by atoms with E-state index >= 15 is 0 Å². The molecule has 50 valence electrons. The molecule has 1 nitrogen and oxygen atoms in total. The van der Waals surface area contributed by atoms with E-state index in [1.54, 1.807) is 0 Å². The first kappa shape index (κ1) is 7.96. The molecule has 0 aliphatic carbocycles. The standard InChI is InChI=1S/C7H16N/c1-3-5-6-7-8-4-2/h5,8H,3-4,6-7H2,1-2H3/q-1. The number of unbranched alkanes of at least 4 members (excludes halogenated alkanes) is 2. The molecule has 0 heterocycles. The van der Waals surface area contributed by atoms with Gasteiger partial charge in [-0.1, -0.05) is 13.8 Å². The summed E-state index contributed by atoms with van der Waals surface area (Å²) in [7, 11) is 0. The summed E-state index contributed by atoms with van der Waals surface area (Å²) in [5.74, 6) is 0. The Morgan fingerprint density at radius 3 is 2.62 bits per heavy atom. The summed E-state index contributed by atoms with van der Waals surface area (Å²) in [6.07, 6.45) is 4.71. The normalized spacial score (nSPS) is 9.75. The van der Waals surface area contributed by atoms with Gasteiger partial charge in [0.15, 0.2) is 0 Å². The maximum Gasteiger partial charge on any atom is -0.00785 e. The molecule has 0 amide bonds. The molecule has 0 aromatic heterocycles. The van der Waals surface area contributed by atoms with Gasteiger partial charge < -0.3 is 11.7 Å². The average molecular weight is 114 g/mol. The third-order valence-corrected chi connectivity index (χ3v) is 1.06. The summed E-state index contributed by atoms with van der Waals surface area (Å²) < 4.78 is 0. The summed E-state index contributed by atoms with van der Waals surface area (Å²) in [5.41, 5.74) is 0. The Balaban J connectivity index is 2.53. The first-order chi connectivity index (χ1) is 3.91. The molecule has 0 aromatic carbocycles. The van der Waals surface area contributed by atoms with E-state index in [4.69, 9.17) is 0 Å². The molecule has 0 saturated carbocycles. The van der Waals surface area contributed by atoms with Gasteiger partial charge in [0.05, 0.1) is 0 Å². The number of nitrogens with one attached hydrogen (secondary N) is 1. The lowest BCUT2D eigenvalue weighted by atomic mass is 10.2. The zero-order valence-electron chi connectivity index (χ0n) is 5.91. The van der Waals surface area contributed by atoms with Gasteiger partial charge in [-0.15, -0.1) is 0 Å². The van der Waals surface area contributed by atoms with Gasteiger partial charge in [-0.05, 0) is 13.1 Å². The lowest BCUT2D eigenvalue weighted by molar-refractivity contribution is 0.700. The highest BCUT2D eigenvalue weighted by Crippen LogP contribution is 1.88. The minimum Gasteiger partial charge on any atom is -0.328 e. The fourth-order valence-electron chi connectivity index (χ4n) is 0.585. The summed E-state index contributed by atoms with van der Waals surface area (Å²) in [5, 5.41) is 3.25. The molecule has 0 aliphatic rings. The van der Waals surface area contributed by atoms with E-state index in [1.165, 1.54) is 12.8 Å². The molecule has 0 saturated heterocycles. The Hall–Kier alpha value is -0.0400. The Bertz CT molecular complexity index is 29.4. The van der Waals surface area contributed by atoms with Crippen LogP contribution in [0.1, 0.15) is 26.7 Å². The van der Waals surface area contributed by atoms with E-state index in [0.717, 1.165) is 13.1 Å². The molecule has 0 aliphatic heterocycles. The van der Waals surface area contributed by atoms with Crippen molar-refractivity contribution < 1.29 is 0 Å². The largest absolute Gasteiger partial charge is 0.328 e. The molecular weight excluding hydrogens is 98.1 g/mol. The van der Waals surface area contributed by atoms with E-state index < -0.39 is 0 Å². The minimum atomic E-state index is 1.09. The van der Waals surface area contributed by atoms with Crippen LogP contribution in [-0.4, -0.2) is 13.1 Å². The topological polar surface area (TPSA) is 12.0 Å². The van der Waals surface area contributed by atoms with Crippen LogP contribution in [0, 0.1) is 6.42 Å². The van der Waals surface area contributed by atoms with E-state index in [9.17, 15) is 0 Å². The Morgan fingerprint density at radius 2 is 2.12 bits per heavy atom. The third kappa shape index (κ3) is 5.96. The van der Waals surface area contributed by atoms with Crippen molar-refractivity contribution in [2.24, 2.45) is 0 Å². The van der Waals surface area contributed by atoms with Crippen molar-refractivity contribution in [1.29, 1.82) is 0 Å². The molecule has 0 fully saturated rings. The predicted octanol–water partition coefficient (Wildman–Crippen LogP) is 1.60. The zero-order valence-corrected chi connectivity index (χ0v) is 5.91. The molecule has 0 spiro atoms. The summed E-state index contributed by atoms with van der Waals surface area (Å²) in [4.78, 5) is 0. The second kappa shape index (κ2) is 6.96. The van der Waals surface area contributed by atoms with Gasteiger partial charge >= 0.3 is 0 Å². The smallest absolute Gasteiger partial charge is 0.00785 e. The van der Waals surface area contributed by atoms with Crippen LogP contribution >= 0.6 is 0 Å². The number of rotatable bonds is 5. The molecule has 0 unspecified atom stereocenters. The second-order valence-corrected chi connectivity index (χ2v) is 1.84. The van der Waals surface area contributed by atoms with Crippen molar-refractivity contribution in [3.8, 4) is 0 Å². The average Bonchev–Trinajstić information content (AvgIpc) is 1.81. The molecule has 1 N–H and O–H groups in total. The van der Waals surface area contributed by atoms with Gasteiger partial charge in [-0.2, -0.15) is 12.8 Å². The molecule has 1 heteroatoms. The number of hydrogen-bond acceptors (Lipinski definition) is 1. The van der Waals surface area contributed by atoms with Crippen LogP contribution in [0.4, 0.5) is 0 Å². The van der Waals surface area contributed by atoms with Crippen molar-refractivity contribution in [3.05, 3.63) is 6.42 Å². The molecular formula is C7H16N-. The number of hydrogen-bond donors (Lipinski definition) is 1. The van der Waals surface area contributed by atoms with Gasteiger partial charge in [0.1, 0.15) is 0 Å². The van der Waals surface area contributed by atoms with E-state index in [2.05, 4.69) is 25.6 Å². The monoisotopic (exact) mass is 114 g/mol. The summed E-state index contributed by atoms with van der Waals surface area (Å²) in [6, 6.07) is 0. The highest BCUT2D eigenvalue weighted by Gasteiger charge is 1.72.